The maximum Gasteiger partial charge on any atom is 0.228 e. The summed E-state index contributed by atoms with van der Waals surface area (Å²) in [6.07, 6.45) is 4.90. The Labute approximate surface area is 205 Å². The molecule has 0 radical (unpaired) electrons. The van der Waals surface area contributed by atoms with Crippen molar-refractivity contribution in [1.29, 1.82) is 0 Å². The Kier molecular flexibility index (Phi) is 6.23. The molecule has 4 aromatic rings. The molecule has 1 amide bonds. The van der Waals surface area contributed by atoms with Gasteiger partial charge in [0.05, 0.1) is 17.8 Å². The number of piperazine rings is 1. The summed E-state index contributed by atoms with van der Waals surface area (Å²) >= 11 is 0. The van der Waals surface area contributed by atoms with E-state index in [2.05, 4.69) is 48.1 Å². The number of fused-ring (bicyclic) bond motifs is 2. The number of pyridine rings is 1. The van der Waals surface area contributed by atoms with E-state index in [4.69, 9.17) is 15.1 Å². The lowest BCUT2D eigenvalue weighted by atomic mass is 10.1. The van der Waals surface area contributed by atoms with Gasteiger partial charge in [0.2, 0.25) is 11.9 Å². The fourth-order valence-electron chi connectivity index (χ4n) is 4.41. The van der Waals surface area contributed by atoms with E-state index in [0.29, 0.717) is 37.9 Å². The van der Waals surface area contributed by atoms with Crippen LogP contribution in [0.3, 0.4) is 0 Å². The average Bonchev–Trinajstić information content (AvgIpc) is 3.32. The molecule has 2 unspecified atom stereocenters. The molecule has 5 rings (SSSR count). The number of nitrogens with zero attached hydrogens (tertiary/aromatic N) is 7. The molecule has 1 N–H and O–H groups in total. The summed E-state index contributed by atoms with van der Waals surface area (Å²) < 4.78 is 1.98. The van der Waals surface area contributed by atoms with Gasteiger partial charge in [0, 0.05) is 50.7 Å². The number of carbonyl (C=O) groups excluding carboxylic acids is 1. The van der Waals surface area contributed by atoms with Gasteiger partial charge in [-0.2, -0.15) is 10.1 Å². The maximum absolute atomic E-state index is 11.8. The van der Waals surface area contributed by atoms with Crippen molar-refractivity contribution in [1.82, 2.24) is 29.6 Å². The lowest BCUT2D eigenvalue weighted by molar-refractivity contribution is -0.129. The number of aromatic nitrogens is 5. The van der Waals surface area contributed by atoms with Gasteiger partial charge in [-0.05, 0) is 38.0 Å². The van der Waals surface area contributed by atoms with Gasteiger partial charge in [0.1, 0.15) is 5.52 Å². The van der Waals surface area contributed by atoms with Crippen molar-refractivity contribution < 1.29 is 4.79 Å². The molecule has 182 valence electrons. The predicted molar refractivity (Wildman–Crippen MR) is 139 cm³/mol. The molecule has 9 heteroatoms. The van der Waals surface area contributed by atoms with Gasteiger partial charge < -0.3 is 15.1 Å². The van der Waals surface area contributed by atoms with Crippen molar-refractivity contribution in [3.05, 3.63) is 48.3 Å². The normalized spacial score (nSPS) is 16.0. The molecule has 1 saturated heterocycles. The summed E-state index contributed by atoms with van der Waals surface area (Å²) in [6.45, 7) is 10.8. The summed E-state index contributed by atoms with van der Waals surface area (Å²) in [4.78, 5) is 30.2. The number of rotatable bonds is 6. The quantitative estimate of drug-likeness (QED) is 0.450. The van der Waals surface area contributed by atoms with Gasteiger partial charge >= 0.3 is 0 Å². The van der Waals surface area contributed by atoms with E-state index in [1.54, 1.807) is 6.92 Å². The van der Waals surface area contributed by atoms with Crippen LogP contribution in [0.1, 0.15) is 51.8 Å². The zero-order valence-corrected chi connectivity index (χ0v) is 20.8. The number of amides is 1. The molecule has 4 heterocycles. The molecule has 0 bridgehead atoms. The van der Waals surface area contributed by atoms with Crippen LogP contribution in [0.15, 0.2) is 42.7 Å². The topological polar surface area (TPSA) is 92.1 Å². The fourth-order valence-corrected chi connectivity index (χ4v) is 4.41. The number of hydrogen-bond donors (Lipinski definition) is 1. The Bertz CT molecular complexity index is 1360. The van der Waals surface area contributed by atoms with E-state index in [0.717, 1.165) is 33.9 Å². The highest BCUT2D eigenvalue weighted by Gasteiger charge is 2.23. The highest BCUT2D eigenvalue weighted by atomic mass is 16.2. The summed E-state index contributed by atoms with van der Waals surface area (Å²) in [7, 11) is 0. The number of nitrogens with one attached hydrogen (secondary N) is 1. The van der Waals surface area contributed by atoms with Crippen molar-refractivity contribution in [2.45, 2.75) is 46.2 Å². The SMILES string of the molecule is CCC(C)n1cc2nc(N3CCN(C(C)=O)CC3)nc(NC(C)c3cnc4ccccc4c3)c2n1. The van der Waals surface area contributed by atoms with E-state index in [9.17, 15) is 4.79 Å². The van der Waals surface area contributed by atoms with Gasteiger partial charge in [0.25, 0.3) is 0 Å². The Morgan fingerprint density at radius 1 is 1.09 bits per heavy atom. The number of carbonyl (C=O) groups is 1. The van der Waals surface area contributed by atoms with E-state index >= 15 is 0 Å². The van der Waals surface area contributed by atoms with Crippen LogP contribution in [0.4, 0.5) is 11.8 Å². The molecular formula is C26H32N8O. The van der Waals surface area contributed by atoms with Gasteiger partial charge in [0.15, 0.2) is 11.3 Å². The Morgan fingerprint density at radius 2 is 1.86 bits per heavy atom. The van der Waals surface area contributed by atoms with Gasteiger partial charge in [-0.15, -0.1) is 0 Å². The first kappa shape index (κ1) is 23.0. The van der Waals surface area contributed by atoms with Crippen LogP contribution in [0, 0.1) is 0 Å². The fraction of sp³-hybridized carbons (Fsp3) is 0.423. The molecule has 35 heavy (non-hydrogen) atoms. The Morgan fingerprint density at radius 3 is 2.60 bits per heavy atom. The lowest BCUT2D eigenvalue weighted by Gasteiger charge is -2.34. The summed E-state index contributed by atoms with van der Waals surface area (Å²) in [5.41, 5.74) is 3.63. The largest absolute Gasteiger partial charge is 0.361 e. The minimum Gasteiger partial charge on any atom is -0.361 e. The maximum atomic E-state index is 11.8. The summed E-state index contributed by atoms with van der Waals surface area (Å²) in [6, 6.07) is 10.5. The van der Waals surface area contributed by atoms with E-state index in [1.165, 1.54) is 0 Å². The molecular weight excluding hydrogens is 440 g/mol. The monoisotopic (exact) mass is 472 g/mol. The second-order valence-electron chi connectivity index (χ2n) is 9.29. The van der Waals surface area contributed by atoms with Crippen LogP contribution in [-0.4, -0.2) is 61.7 Å². The molecule has 0 saturated carbocycles. The Hall–Kier alpha value is -3.75. The first-order valence-electron chi connectivity index (χ1n) is 12.3. The second kappa shape index (κ2) is 9.48. The van der Waals surface area contributed by atoms with Crippen LogP contribution >= 0.6 is 0 Å². The predicted octanol–water partition coefficient (Wildman–Crippen LogP) is 4.19. The van der Waals surface area contributed by atoms with E-state index < -0.39 is 0 Å². The summed E-state index contributed by atoms with van der Waals surface area (Å²) in [5.74, 6) is 1.48. The first-order chi connectivity index (χ1) is 16.9. The van der Waals surface area contributed by atoms with Crippen molar-refractivity contribution in [2.24, 2.45) is 0 Å². The van der Waals surface area contributed by atoms with Gasteiger partial charge in [-0.25, -0.2) is 4.98 Å². The smallest absolute Gasteiger partial charge is 0.228 e. The molecule has 0 aliphatic carbocycles. The summed E-state index contributed by atoms with van der Waals surface area (Å²) in [5, 5.41) is 9.54. The standard InChI is InChI=1S/C26H32N8O/c1-5-17(2)34-16-23-24(31-34)25(30-26(29-23)33-12-10-32(11-13-33)19(4)35)28-18(3)21-14-20-8-6-7-9-22(20)27-15-21/h6-9,14-18H,5,10-13H2,1-4H3,(H,28,29,30). The zero-order valence-electron chi connectivity index (χ0n) is 20.8. The molecule has 2 atom stereocenters. The Balaban J connectivity index is 1.49. The number of anilines is 2. The molecule has 1 aromatic carbocycles. The van der Waals surface area contributed by atoms with Crippen LogP contribution in [-0.2, 0) is 4.79 Å². The number of hydrogen-bond acceptors (Lipinski definition) is 7. The number of benzene rings is 1. The van der Waals surface area contributed by atoms with Crippen LogP contribution < -0.4 is 10.2 Å². The molecule has 1 fully saturated rings. The minimum atomic E-state index is -0.0265. The molecule has 1 aliphatic heterocycles. The van der Waals surface area contributed by atoms with Crippen LogP contribution in [0.25, 0.3) is 21.9 Å². The highest BCUT2D eigenvalue weighted by molar-refractivity contribution is 5.86. The van der Waals surface area contributed by atoms with E-state index in [1.807, 2.05) is 40.2 Å². The van der Waals surface area contributed by atoms with Crippen LogP contribution in [0.5, 0.6) is 0 Å². The zero-order chi connectivity index (χ0) is 24.5. The molecule has 3 aromatic heterocycles. The molecule has 1 aliphatic rings. The highest BCUT2D eigenvalue weighted by Crippen LogP contribution is 2.28. The lowest BCUT2D eigenvalue weighted by Crippen LogP contribution is -2.48. The first-order valence-corrected chi connectivity index (χ1v) is 12.3. The van der Waals surface area contributed by atoms with Gasteiger partial charge in [-0.1, -0.05) is 25.1 Å². The van der Waals surface area contributed by atoms with Crippen molar-refractivity contribution in [3.8, 4) is 0 Å². The van der Waals surface area contributed by atoms with Gasteiger partial charge in [-0.3, -0.25) is 14.5 Å². The third-order valence-electron chi connectivity index (χ3n) is 6.88. The van der Waals surface area contributed by atoms with Crippen molar-refractivity contribution in [2.75, 3.05) is 36.4 Å². The molecule has 9 nitrogen and oxygen atoms in total. The minimum absolute atomic E-state index is 0.0265. The van der Waals surface area contributed by atoms with Crippen molar-refractivity contribution >= 4 is 39.6 Å². The second-order valence-corrected chi connectivity index (χ2v) is 9.29. The average molecular weight is 473 g/mol. The third kappa shape index (κ3) is 4.62. The van der Waals surface area contributed by atoms with E-state index in [-0.39, 0.29) is 18.0 Å². The molecule has 0 spiro atoms. The number of para-hydroxylation sites is 1. The van der Waals surface area contributed by atoms with Crippen molar-refractivity contribution in [3.63, 3.8) is 0 Å². The third-order valence-corrected chi connectivity index (χ3v) is 6.88. The van der Waals surface area contributed by atoms with Crippen LogP contribution in [0.2, 0.25) is 0 Å².